The number of nitrogens with one attached hydrogen (secondary N) is 2. The Kier molecular flexibility index (Phi) is 4.95. The zero-order valence-electron chi connectivity index (χ0n) is 15.0. The number of hydrogen-bond acceptors (Lipinski definition) is 3. The number of rotatable bonds is 4. The molecule has 132 valence electrons. The van der Waals surface area contributed by atoms with E-state index in [0.717, 1.165) is 29.8 Å². The molecule has 3 N–H and O–H groups in total. The van der Waals surface area contributed by atoms with Gasteiger partial charge in [0.05, 0.1) is 6.10 Å². The quantitative estimate of drug-likeness (QED) is 0.802. The van der Waals surface area contributed by atoms with Crippen LogP contribution in [0.15, 0.2) is 36.4 Å². The van der Waals surface area contributed by atoms with E-state index in [1.54, 1.807) is 0 Å². The molecule has 2 aromatic carbocycles. The fraction of sp³-hybridized carbons (Fsp3) is 0.350. The van der Waals surface area contributed by atoms with Crippen molar-refractivity contribution >= 4 is 17.4 Å². The molecule has 1 atom stereocenters. The van der Waals surface area contributed by atoms with Crippen LogP contribution >= 0.6 is 0 Å². The van der Waals surface area contributed by atoms with Crippen LogP contribution in [0.1, 0.15) is 28.4 Å². The van der Waals surface area contributed by atoms with Gasteiger partial charge in [0.2, 0.25) is 0 Å². The molecular weight excluding hydrogens is 314 g/mol. The summed E-state index contributed by atoms with van der Waals surface area (Å²) in [4.78, 5) is 14.2. The molecule has 0 bridgehead atoms. The summed E-state index contributed by atoms with van der Waals surface area (Å²) >= 11 is 0. The van der Waals surface area contributed by atoms with Crippen molar-refractivity contribution < 1.29 is 9.90 Å². The number of urea groups is 1. The number of likely N-dealkylation sites (N-methyl/N-ethyl adjacent to an activating group) is 1. The number of aliphatic hydroxyl groups excluding tert-OH is 1. The van der Waals surface area contributed by atoms with E-state index in [2.05, 4.69) is 22.6 Å². The van der Waals surface area contributed by atoms with Gasteiger partial charge in [-0.3, -0.25) is 0 Å². The molecule has 2 amide bonds. The first-order valence-electron chi connectivity index (χ1n) is 8.58. The third-order valence-corrected chi connectivity index (χ3v) is 4.84. The SMILES string of the molecule is Cc1ccc(NC(=O)NCC(O)c2ccc3c(c2)CCN3C)cc1C. The number of amides is 2. The summed E-state index contributed by atoms with van der Waals surface area (Å²) in [6.45, 7) is 5.22. The maximum absolute atomic E-state index is 12.0. The van der Waals surface area contributed by atoms with Crippen LogP contribution in [0.3, 0.4) is 0 Å². The Morgan fingerprint density at radius 1 is 1.20 bits per heavy atom. The summed E-state index contributed by atoms with van der Waals surface area (Å²) in [6.07, 6.45) is 0.272. The van der Waals surface area contributed by atoms with E-state index < -0.39 is 6.10 Å². The van der Waals surface area contributed by atoms with Crippen molar-refractivity contribution in [3.63, 3.8) is 0 Å². The van der Waals surface area contributed by atoms with Gasteiger partial charge in [-0.15, -0.1) is 0 Å². The Bertz CT molecular complexity index is 789. The number of anilines is 2. The maximum Gasteiger partial charge on any atom is 0.319 e. The second kappa shape index (κ2) is 7.15. The first-order valence-corrected chi connectivity index (χ1v) is 8.58. The minimum Gasteiger partial charge on any atom is -0.387 e. The van der Waals surface area contributed by atoms with Crippen molar-refractivity contribution in [3.8, 4) is 0 Å². The van der Waals surface area contributed by atoms with Crippen molar-refractivity contribution in [2.24, 2.45) is 0 Å². The molecule has 3 rings (SSSR count). The number of fused-ring (bicyclic) bond motifs is 1. The molecule has 0 radical (unpaired) electrons. The van der Waals surface area contributed by atoms with Crippen molar-refractivity contribution in [3.05, 3.63) is 58.7 Å². The number of carbonyl (C=O) groups excluding carboxylic acids is 1. The number of nitrogens with zero attached hydrogens (tertiary/aromatic N) is 1. The molecule has 1 unspecified atom stereocenters. The fourth-order valence-corrected chi connectivity index (χ4v) is 3.10. The molecular formula is C20H25N3O2. The summed E-state index contributed by atoms with van der Waals surface area (Å²) in [5.74, 6) is 0. The van der Waals surface area contributed by atoms with E-state index in [1.807, 2.05) is 50.2 Å². The van der Waals surface area contributed by atoms with Crippen LogP contribution in [0.2, 0.25) is 0 Å². The Labute approximate surface area is 148 Å². The van der Waals surface area contributed by atoms with Crippen LogP contribution in [-0.4, -0.2) is 31.3 Å². The number of benzene rings is 2. The average molecular weight is 339 g/mol. The topological polar surface area (TPSA) is 64.6 Å². The van der Waals surface area contributed by atoms with Gasteiger partial charge in [0.25, 0.3) is 0 Å². The van der Waals surface area contributed by atoms with Crippen molar-refractivity contribution in [1.82, 2.24) is 5.32 Å². The summed E-state index contributed by atoms with van der Waals surface area (Å²) in [5, 5.41) is 15.9. The lowest BCUT2D eigenvalue weighted by Gasteiger charge is -2.16. The van der Waals surface area contributed by atoms with Gasteiger partial charge in [-0.1, -0.05) is 18.2 Å². The summed E-state index contributed by atoms with van der Waals surface area (Å²) in [6, 6.07) is 11.5. The van der Waals surface area contributed by atoms with E-state index in [0.29, 0.717) is 0 Å². The third kappa shape index (κ3) is 3.94. The standard InChI is InChI=1S/C20H25N3O2/c1-13-4-6-17(10-14(13)2)22-20(25)21-12-19(24)16-5-7-18-15(11-16)8-9-23(18)3/h4-7,10-11,19,24H,8-9,12H2,1-3H3,(H2,21,22,25). The van der Waals surface area contributed by atoms with Crippen molar-refractivity contribution in [2.45, 2.75) is 26.4 Å². The van der Waals surface area contributed by atoms with Gasteiger partial charge in [-0.05, 0) is 60.7 Å². The van der Waals surface area contributed by atoms with Gasteiger partial charge in [0, 0.05) is 31.5 Å². The van der Waals surface area contributed by atoms with Crippen LogP contribution in [0.4, 0.5) is 16.2 Å². The van der Waals surface area contributed by atoms with Gasteiger partial charge in [0.1, 0.15) is 0 Å². The van der Waals surface area contributed by atoms with E-state index >= 15 is 0 Å². The average Bonchev–Trinajstić information content (AvgIpc) is 2.96. The molecule has 0 fully saturated rings. The van der Waals surface area contributed by atoms with Gasteiger partial charge < -0.3 is 20.6 Å². The van der Waals surface area contributed by atoms with E-state index in [9.17, 15) is 9.90 Å². The van der Waals surface area contributed by atoms with Crippen molar-refractivity contribution in [1.29, 1.82) is 0 Å². The number of hydrogen-bond donors (Lipinski definition) is 3. The van der Waals surface area contributed by atoms with E-state index in [-0.39, 0.29) is 12.6 Å². The van der Waals surface area contributed by atoms with Crippen molar-refractivity contribution in [2.75, 3.05) is 30.4 Å². The minimum absolute atomic E-state index is 0.172. The molecule has 1 aliphatic rings. The molecule has 5 nitrogen and oxygen atoms in total. The maximum atomic E-state index is 12.0. The molecule has 1 heterocycles. The van der Waals surface area contributed by atoms with Gasteiger partial charge in [-0.25, -0.2) is 4.79 Å². The highest BCUT2D eigenvalue weighted by Gasteiger charge is 2.18. The molecule has 2 aromatic rings. The minimum atomic E-state index is -0.721. The number of carbonyl (C=O) groups is 1. The lowest BCUT2D eigenvalue weighted by molar-refractivity contribution is 0.175. The second-order valence-corrected chi connectivity index (χ2v) is 6.71. The second-order valence-electron chi connectivity index (χ2n) is 6.71. The van der Waals surface area contributed by atoms with Gasteiger partial charge in [-0.2, -0.15) is 0 Å². The molecule has 0 saturated carbocycles. The lowest BCUT2D eigenvalue weighted by Crippen LogP contribution is -2.32. The molecule has 0 spiro atoms. The van der Waals surface area contributed by atoms with Gasteiger partial charge in [0.15, 0.2) is 0 Å². The Morgan fingerprint density at radius 3 is 2.76 bits per heavy atom. The number of aliphatic hydroxyl groups is 1. The molecule has 0 aromatic heterocycles. The molecule has 25 heavy (non-hydrogen) atoms. The van der Waals surface area contributed by atoms with Crippen LogP contribution in [0.5, 0.6) is 0 Å². The van der Waals surface area contributed by atoms with Crippen LogP contribution < -0.4 is 15.5 Å². The molecule has 5 heteroatoms. The highest BCUT2D eigenvalue weighted by atomic mass is 16.3. The lowest BCUT2D eigenvalue weighted by atomic mass is 10.0. The first-order chi connectivity index (χ1) is 11.9. The van der Waals surface area contributed by atoms with Crippen LogP contribution in [-0.2, 0) is 6.42 Å². The molecule has 0 saturated heterocycles. The summed E-state index contributed by atoms with van der Waals surface area (Å²) < 4.78 is 0. The smallest absolute Gasteiger partial charge is 0.319 e. The Morgan fingerprint density at radius 2 is 2.00 bits per heavy atom. The van der Waals surface area contributed by atoms with E-state index in [1.165, 1.54) is 16.8 Å². The zero-order chi connectivity index (χ0) is 18.0. The molecule has 1 aliphatic heterocycles. The third-order valence-electron chi connectivity index (χ3n) is 4.84. The van der Waals surface area contributed by atoms with Crippen LogP contribution in [0, 0.1) is 13.8 Å². The monoisotopic (exact) mass is 339 g/mol. The van der Waals surface area contributed by atoms with E-state index in [4.69, 9.17) is 0 Å². The largest absolute Gasteiger partial charge is 0.387 e. The van der Waals surface area contributed by atoms with Crippen LogP contribution in [0.25, 0.3) is 0 Å². The normalized spacial score (nSPS) is 14.2. The fourth-order valence-electron chi connectivity index (χ4n) is 3.10. The Hall–Kier alpha value is -2.53. The highest BCUT2D eigenvalue weighted by molar-refractivity contribution is 5.89. The Balaban J connectivity index is 1.56. The highest BCUT2D eigenvalue weighted by Crippen LogP contribution is 2.29. The summed E-state index contributed by atoms with van der Waals surface area (Å²) in [7, 11) is 2.07. The molecule has 0 aliphatic carbocycles. The zero-order valence-corrected chi connectivity index (χ0v) is 15.0. The van der Waals surface area contributed by atoms with Gasteiger partial charge >= 0.3 is 6.03 Å². The predicted octanol–water partition coefficient (Wildman–Crippen LogP) is 3.15. The summed E-state index contributed by atoms with van der Waals surface area (Å²) in [5.41, 5.74) is 6.36. The predicted molar refractivity (Wildman–Crippen MR) is 101 cm³/mol. The first kappa shape index (κ1) is 17.3. The number of aryl methyl sites for hydroxylation is 2.